The molecule has 0 saturated carbocycles. The van der Waals surface area contributed by atoms with Crippen LogP contribution in [0.2, 0.25) is 0 Å². The van der Waals surface area contributed by atoms with Crippen LogP contribution in [0.5, 0.6) is 0 Å². The molecule has 2 aromatic rings. The van der Waals surface area contributed by atoms with E-state index in [9.17, 15) is 14.8 Å². The molecule has 0 fully saturated rings. The number of anilines is 2. The number of nitrogens with zero attached hydrogens (tertiary/aromatic N) is 3. The monoisotopic (exact) mass is 451 g/mol. The van der Waals surface area contributed by atoms with E-state index >= 15 is 0 Å². The predicted octanol–water partition coefficient (Wildman–Crippen LogP) is 4.17. The zero-order chi connectivity index (χ0) is 22.9. The second-order valence-corrected chi connectivity index (χ2v) is 9.85. The first-order chi connectivity index (χ1) is 15.3. The second-order valence-electron chi connectivity index (χ2n) is 8.25. The summed E-state index contributed by atoms with van der Waals surface area (Å²) in [5.74, 6) is 0.310. The lowest BCUT2D eigenvalue weighted by atomic mass is 9.93. The lowest BCUT2D eigenvalue weighted by molar-refractivity contribution is -0.114. The number of hydrogen-bond acceptors (Lipinski definition) is 6. The predicted molar refractivity (Wildman–Crippen MR) is 128 cm³/mol. The molecule has 0 spiro atoms. The fourth-order valence-electron chi connectivity index (χ4n) is 4.09. The van der Waals surface area contributed by atoms with Crippen LogP contribution in [0.25, 0.3) is 0 Å². The van der Waals surface area contributed by atoms with E-state index in [1.54, 1.807) is 12.1 Å². The van der Waals surface area contributed by atoms with E-state index in [1.807, 2.05) is 43.0 Å². The van der Waals surface area contributed by atoms with Gasteiger partial charge in [0.25, 0.3) is 5.24 Å². The molecule has 2 aliphatic rings. The molecule has 0 saturated heterocycles. The van der Waals surface area contributed by atoms with E-state index in [2.05, 4.69) is 27.1 Å². The van der Waals surface area contributed by atoms with Crippen LogP contribution in [-0.2, 0) is 11.2 Å². The summed E-state index contributed by atoms with van der Waals surface area (Å²) >= 11 is 1.23. The minimum Gasteiger partial charge on any atom is -0.409 e. The van der Waals surface area contributed by atoms with Gasteiger partial charge in [-0.1, -0.05) is 23.0 Å². The lowest BCUT2D eigenvalue weighted by Crippen LogP contribution is -2.39. The SMILES string of the molecule is CC(=O)Nc1ccc(C(=NO)N2CCCc3cc(C4=NNC(=O)SC4(C)C)ccc32)cc1. The van der Waals surface area contributed by atoms with Gasteiger partial charge in [0.15, 0.2) is 5.84 Å². The van der Waals surface area contributed by atoms with Gasteiger partial charge in [0.1, 0.15) is 0 Å². The van der Waals surface area contributed by atoms with Crippen LogP contribution in [-0.4, -0.2) is 39.2 Å². The highest BCUT2D eigenvalue weighted by atomic mass is 32.2. The molecule has 8 nitrogen and oxygen atoms in total. The molecule has 2 amide bonds. The van der Waals surface area contributed by atoms with E-state index in [4.69, 9.17) is 0 Å². The summed E-state index contributed by atoms with van der Waals surface area (Å²) < 4.78 is -0.432. The molecule has 2 aromatic carbocycles. The molecular formula is C23H25N5O3S. The van der Waals surface area contributed by atoms with Crippen LogP contribution in [0, 0.1) is 0 Å². The summed E-state index contributed by atoms with van der Waals surface area (Å²) in [4.78, 5) is 25.0. The van der Waals surface area contributed by atoms with Crippen LogP contribution in [0.15, 0.2) is 52.7 Å². The highest BCUT2D eigenvalue weighted by molar-refractivity contribution is 8.15. The topological polar surface area (TPSA) is 106 Å². The van der Waals surface area contributed by atoms with Gasteiger partial charge in [-0.25, -0.2) is 5.43 Å². The molecule has 2 aliphatic heterocycles. The number of carbonyl (C=O) groups is 2. The Labute approximate surface area is 190 Å². The van der Waals surface area contributed by atoms with Crippen LogP contribution in [0.1, 0.15) is 43.9 Å². The summed E-state index contributed by atoms with van der Waals surface area (Å²) in [6.07, 6.45) is 1.80. The minimum absolute atomic E-state index is 0.140. The Morgan fingerprint density at radius 1 is 1.25 bits per heavy atom. The Balaban J connectivity index is 1.65. The van der Waals surface area contributed by atoms with Gasteiger partial charge in [-0.3, -0.25) is 9.59 Å². The number of oxime groups is 1. The molecule has 0 aliphatic carbocycles. The molecular weight excluding hydrogens is 426 g/mol. The average Bonchev–Trinajstić information content (AvgIpc) is 2.74. The highest BCUT2D eigenvalue weighted by Crippen LogP contribution is 2.35. The molecule has 2 heterocycles. The van der Waals surface area contributed by atoms with E-state index in [0.717, 1.165) is 47.5 Å². The summed E-state index contributed by atoms with van der Waals surface area (Å²) in [6, 6.07) is 13.3. The Kier molecular flexibility index (Phi) is 5.92. The second kappa shape index (κ2) is 8.66. The van der Waals surface area contributed by atoms with Gasteiger partial charge in [-0.2, -0.15) is 5.10 Å². The van der Waals surface area contributed by atoms with Crippen molar-refractivity contribution in [2.75, 3.05) is 16.8 Å². The molecule has 166 valence electrons. The first-order valence-electron chi connectivity index (χ1n) is 10.4. The van der Waals surface area contributed by atoms with Gasteiger partial charge < -0.3 is 15.4 Å². The molecule has 0 bridgehead atoms. The standard InChI is InChI=1S/C23H25N5O3S/c1-14(29)24-18-9-6-15(7-10-18)21(27-31)28-12-4-5-16-13-17(8-11-19(16)28)20-23(2,3)32-22(30)26-25-20/h6-11,13,31H,4-5,12H2,1-3H3,(H,24,29)(H,26,30). The van der Waals surface area contributed by atoms with Gasteiger partial charge in [-0.15, -0.1) is 0 Å². The van der Waals surface area contributed by atoms with E-state index in [0.29, 0.717) is 11.5 Å². The van der Waals surface area contributed by atoms with E-state index in [1.165, 1.54) is 18.7 Å². The summed E-state index contributed by atoms with van der Waals surface area (Å²) in [5.41, 5.74) is 7.89. The third-order valence-electron chi connectivity index (χ3n) is 5.46. The van der Waals surface area contributed by atoms with Crippen LogP contribution in [0.4, 0.5) is 16.2 Å². The molecule has 4 rings (SSSR count). The normalized spacial score (nSPS) is 17.8. The fraction of sp³-hybridized carbons (Fsp3) is 0.304. The van der Waals surface area contributed by atoms with Crippen LogP contribution in [0.3, 0.4) is 0 Å². The van der Waals surface area contributed by atoms with Gasteiger partial charge in [0.2, 0.25) is 5.91 Å². The zero-order valence-electron chi connectivity index (χ0n) is 18.2. The zero-order valence-corrected chi connectivity index (χ0v) is 19.0. The van der Waals surface area contributed by atoms with Crippen molar-refractivity contribution in [1.29, 1.82) is 0 Å². The smallest absolute Gasteiger partial charge is 0.300 e. The van der Waals surface area contributed by atoms with E-state index in [-0.39, 0.29) is 11.1 Å². The number of thioether (sulfide) groups is 1. The number of amidine groups is 1. The van der Waals surface area contributed by atoms with Crippen LogP contribution >= 0.6 is 11.8 Å². The van der Waals surface area contributed by atoms with Crippen molar-refractivity contribution in [2.45, 2.75) is 38.4 Å². The number of amides is 2. The number of hydrogen-bond donors (Lipinski definition) is 3. The largest absolute Gasteiger partial charge is 0.409 e. The molecule has 0 radical (unpaired) electrons. The van der Waals surface area contributed by atoms with Crippen LogP contribution < -0.4 is 15.6 Å². The maximum absolute atomic E-state index is 11.7. The number of carbonyl (C=O) groups excluding carboxylic acids is 2. The van der Waals surface area contributed by atoms with Gasteiger partial charge >= 0.3 is 0 Å². The Hall–Kier alpha value is -3.33. The summed E-state index contributed by atoms with van der Waals surface area (Å²) in [7, 11) is 0. The molecule has 0 atom stereocenters. The van der Waals surface area contributed by atoms with Gasteiger partial charge in [0.05, 0.1) is 10.5 Å². The number of rotatable bonds is 3. The number of benzene rings is 2. The first kappa shape index (κ1) is 21.9. The van der Waals surface area contributed by atoms with Gasteiger partial charge in [-0.05, 0) is 74.2 Å². The number of aryl methyl sites for hydroxylation is 1. The summed E-state index contributed by atoms with van der Waals surface area (Å²) in [6.45, 7) is 6.15. The van der Waals surface area contributed by atoms with E-state index < -0.39 is 4.75 Å². The van der Waals surface area contributed by atoms with Crippen molar-refractivity contribution in [2.24, 2.45) is 10.3 Å². The lowest BCUT2D eigenvalue weighted by Gasteiger charge is -2.33. The molecule has 9 heteroatoms. The van der Waals surface area contributed by atoms with Crippen molar-refractivity contribution >= 4 is 45.8 Å². The Morgan fingerprint density at radius 3 is 2.66 bits per heavy atom. The molecule has 3 N–H and O–H groups in total. The maximum atomic E-state index is 11.7. The van der Waals surface area contributed by atoms with Crippen molar-refractivity contribution in [3.05, 3.63) is 59.2 Å². The number of nitrogens with one attached hydrogen (secondary N) is 2. The Morgan fingerprint density at radius 2 is 2.00 bits per heavy atom. The minimum atomic E-state index is -0.432. The van der Waals surface area contributed by atoms with Crippen molar-refractivity contribution in [3.8, 4) is 0 Å². The Bertz CT molecular complexity index is 1120. The third-order valence-corrected chi connectivity index (χ3v) is 6.44. The average molecular weight is 452 g/mol. The number of fused-ring (bicyclic) bond motifs is 1. The maximum Gasteiger partial charge on any atom is 0.300 e. The quantitative estimate of drug-likeness (QED) is 0.281. The number of hydrazone groups is 1. The van der Waals surface area contributed by atoms with Crippen molar-refractivity contribution < 1.29 is 14.8 Å². The van der Waals surface area contributed by atoms with Crippen molar-refractivity contribution in [3.63, 3.8) is 0 Å². The van der Waals surface area contributed by atoms with Crippen molar-refractivity contribution in [1.82, 2.24) is 5.43 Å². The highest BCUT2D eigenvalue weighted by Gasteiger charge is 2.34. The first-order valence-corrected chi connectivity index (χ1v) is 11.2. The third kappa shape index (κ3) is 4.34. The molecule has 32 heavy (non-hydrogen) atoms. The molecule has 0 unspecified atom stereocenters. The summed E-state index contributed by atoms with van der Waals surface area (Å²) in [5, 5.41) is 20.3. The molecule has 0 aromatic heterocycles. The van der Waals surface area contributed by atoms with Gasteiger partial charge in [0, 0.05) is 30.4 Å². The fourth-order valence-corrected chi connectivity index (χ4v) is 4.90.